The molecule has 2 N–H and O–H groups in total. The van der Waals surface area contributed by atoms with Crippen molar-refractivity contribution in [2.45, 2.75) is 30.2 Å². The lowest BCUT2D eigenvalue weighted by Crippen LogP contribution is -2.41. The molecule has 1 unspecified atom stereocenters. The molecule has 0 saturated heterocycles. The number of hydrogen-bond donors (Lipinski definition) is 2. The van der Waals surface area contributed by atoms with Crippen LogP contribution in [0.2, 0.25) is 0 Å². The van der Waals surface area contributed by atoms with Crippen LogP contribution in [0.4, 0.5) is 10.1 Å². The van der Waals surface area contributed by atoms with Crippen molar-refractivity contribution in [1.82, 2.24) is 4.72 Å². The standard InChI is InChI=1S/C12H12FN3O2S/c13-7-1-2-8-9(5-7)19(17,18)16-11(14-8)15-10-6-12(10)3-4-12/h1-2,5,10H,3-4,6H2,(H2,14,15,16). The van der Waals surface area contributed by atoms with Crippen LogP contribution < -0.4 is 10.0 Å². The highest BCUT2D eigenvalue weighted by Crippen LogP contribution is 2.67. The maximum Gasteiger partial charge on any atom is 0.266 e. The van der Waals surface area contributed by atoms with E-state index in [-0.39, 0.29) is 16.9 Å². The number of nitrogens with zero attached hydrogens (tertiary/aromatic N) is 1. The molecule has 0 amide bonds. The van der Waals surface area contributed by atoms with Crippen LogP contribution in [-0.4, -0.2) is 20.4 Å². The molecular formula is C12H12FN3O2S. The predicted octanol–water partition coefficient (Wildman–Crippen LogP) is 1.44. The molecular weight excluding hydrogens is 269 g/mol. The second kappa shape index (κ2) is 3.27. The van der Waals surface area contributed by atoms with Gasteiger partial charge in [0.15, 0.2) is 0 Å². The SMILES string of the molecule is O=S1(=O)NC(=NC2CC23CC3)Nc2ccc(F)cc21. The normalized spacial score (nSPS) is 30.4. The van der Waals surface area contributed by atoms with Gasteiger partial charge in [0, 0.05) is 0 Å². The van der Waals surface area contributed by atoms with E-state index in [1.54, 1.807) is 0 Å². The van der Waals surface area contributed by atoms with Crippen molar-refractivity contribution >= 4 is 21.7 Å². The molecule has 19 heavy (non-hydrogen) atoms. The highest BCUT2D eigenvalue weighted by Gasteiger charge is 2.63. The molecule has 2 saturated carbocycles. The van der Waals surface area contributed by atoms with Crippen LogP contribution in [0.25, 0.3) is 0 Å². The number of aliphatic imine (C=N–C) groups is 1. The Hall–Kier alpha value is -1.63. The molecule has 5 nitrogen and oxygen atoms in total. The summed E-state index contributed by atoms with van der Waals surface area (Å²) < 4.78 is 39.5. The van der Waals surface area contributed by atoms with Gasteiger partial charge in [-0.3, -0.25) is 0 Å². The van der Waals surface area contributed by atoms with E-state index in [9.17, 15) is 12.8 Å². The second-order valence-electron chi connectivity index (χ2n) is 5.43. The summed E-state index contributed by atoms with van der Waals surface area (Å²) in [5, 5.41) is 2.91. The molecule has 1 atom stereocenters. The first kappa shape index (κ1) is 11.2. The minimum Gasteiger partial charge on any atom is -0.324 e. The summed E-state index contributed by atoms with van der Waals surface area (Å²) in [5.41, 5.74) is 0.729. The van der Waals surface area contributed by atoms with Gasteiger partial charge >= 0.3 is 0 Å². The number of fused-ring (bicyclic) bond motifs is 1. The van der Waals surface area contributed by atoms with Gasteiger partial charge in [-0.05, 0) is 42.9 Å². The van der Waals surface area contributed by atoms with E-state index >= 15 is 0 Å². The van der Waals surface area contributed by atoms with Gasteiger partial charge < -0.3 is 5.32 Å². The van der Waals surface area contributed by atoms with Crippen molar-refractivity contribution in [3.05, 3.63) is 24.0 Å². The quantitative estimate of drug-likeness (QED) is 0.818. The molecule has 2 aliphatic carbocycles. The minimum atomic E-state index is -3.73. The van der Waals surface area contributed by atoms with Gasteiger partial charge in [0.2, 0.25) is 5.96 Å². The molecule has 100 valence electrons. The van der Waals surface area contributed by atoms with Gasteiger partial charge in [-0.1, -0.05) is 0 Å². The lowest BCUT2D eigenvalue weighted by atomic mass is 10.3. The number of rotatable bonds is 1. The first-order chi connectivity index (χ1) is 8.98. The number of benzene rings is 1. The third-order valence-electron chi connectivity index (χ3n) is 4.04. The van der Waals surface area contributed by atoms with Crippen LogP contribution >= 0.6 is 0 Å². The summed E-state index contributed by atoms with van der Waals surface area (Å²) in [4.78, 5) is 4.32. The zero-order chi connectivity index (χ0) is 13.3. The first-order valence-corrected chi connectivity index (χ1v) is 7.64. The van der Waals surface area contributed by atoms with E-state index in [1.807, 2.05) is 0 Å². The smallest absolute Gasteiger partial charge is 0.266 e. The number of nitrogens with one attached hydrogen (secondary N) is 2. The van der Waals surface area contributed by atoms with Crippen LogP contribution in [0, 0.1) is 11.2 Å². The summed E-state index contributed by atoms with van der Waals surface area (Å²) in [6.07, 6.45) is 3.40. The molecule has 1 heterocycles. The molecule has 0 aromatic heterocycles. The number of hydrogen-bond acceptors (Lipinski definition) is 3. The van der Waals surface area contributed by atoms with Crippen LogP contribution in [-0.2, 0) is 10.0 Å². The Bertz CT molecular complexity index is 710. The molecule has 1 aromatic rings. The maximum absolute atomic E-state index is 13.1. The van der Waals surface area contributed by atoms with E-state index in [4.69, 9.17) is 0 Å². The van der Waals surface area contributed by atoms with Crippen LogP contribution in [0.15, 0.2) is 28.1 Å². The Morgan fingerprint density at radius 2 is 2.16 bits per heavy atom. The van der Waals surface area contributed by atoms with E-state index in [0.29, 0.717) is 11.1 Å². The fourth-order valence-electron chi connectivity index (χ4n) is 2.58. The van der Waals surface area contributed by atoms with E-state index < -0.39 is 15.8 Å². The van der Waals surface area contributed by atoms with E-state index in [1.165, 1.54) is 25.0 Å². The van der Waals surface area contributed by atoms with Crippen molar-refractivity contribution in [3.63, 3.8) is 0 Å². The lowest BCUT2D eigenvalue weighted by Gasteiger charge is -2.21. The third-order valence-corrected chi connectivity index (χ3v) is 5.42. The Kier molecular flexibility index (Phi) is 1.93. The van der Waals surface area contributed by atoms with E-state index in [2.05, 4.69) is 15.0 Å². The maximum atomic E-state index is 13.1. The Labute approximate surface area is 110 Å². The zero-order valence-corrected chi connectivity index (χ0v) is 10.8. The van der Waals surface area contributed by atoms with Crippen molar-refractivity contribution in [2.75, 3.05) is 5.32 Å². The Morgan fingerprint density at radius 1 is 1.37 bits per heavy atom. The zero-order valence-electron chi connectivity index (χ0n) is 9.98. The molecule has 2 fully saturated rings. The summed E-state index contributed by atoms with van der Waals surface area (Å²) >= 11 is 0. The summed E-state index contributed by atoms with van der Waals surface area (Å²) in [7, 11) is -3.73. The monoisotopic (exact) mass is 281 g/mol. The Morgan fingerprint density at radius 3 is 2.84 bits per heavy atom. The molecule has 1 spiro atoms. The van der Waals surface area contributed by atoms with Crippen LogP contribution in [0.3, 0.4) is 0 Å². The average Bonchev–Trinajstić information content (AvgIpc) is 3.22. The van der Waals surface area contributed by atoms with E-state index in [0.717, 1.165) is 12.5 Å². The molecule has 1 aliphatic heterocycles. The van der Waals surface area contributed by atoms with Gasteiger partial charge in [0.25, 0.3) is 10.0 Å². The topological polar surface area (TPSA) is 70.6 Å². The summed E-state index contributed by atoms with van der Waals surface area (Å²) in [6, 6.07) is 3.86. The van der Waals surface area contributed by atoms with Crippen molar-refractivity contribution in [3.8, 4) is 0 Å². The van der Waals surface area contributed by atoms with Crippen molar-refractivity contribution < 1.29 is 12.8 Å². The van der Waals surface area contributed by atoms with Crippen molar-refractivity contribution in [1.29, 1.82) is 0 Å². The summed E-state index contributed by atoms with van der Waals surface area (Å²) in [6.45, 7) is 0. The number of guanidine groups is 1. The first-order valence-electron chi connectivity index (χ1n) is 6.16. The van der Waals surface area contributed by atoms with Gasteiger partial charge in [0.05, 0.1) is 11.7 Å². The predicted molar refractivity (Wildman–Crippen MR) is 67.9 cm³/mol. The van der Waals surface area contributed by atoms with Crippen LogP contribution in [0.1, 0.15) is 19.3 Å². The largest absolute Gasteiger partial charge is 0.324 e. The lowest BCUT2D eigenvalue weighted by molar-refractivity contribution is 0.586. The molecule has 0 radical (unpaired) electrons. The minimum absolute atomic E-state index is 0.0802. The van der Waals surface area contributed by atoms with Gasteiger partial charge in [0.1, 0.15) is 10.7 Å². The van der Waals surface area contributed by atoms with Crippen molar-refractivity contribution in [2.24, 2.45) is 10.4 Å². The van der Waals surface area contributed by atoms with Gasteiger partial charge in [-0.2, -0.15) is 0 Å². The molecule has 7 heteroatoms. The number of halogens is 1. The summed E-state index contributed by atoms with van der Waals surface area (Å²) in [5.74, 6) is -0.335. The van der Waals surface area contributed by atoms with Gasteiger partial charge in [-0.25, -0.2) is 22.5 Å². The number of sulfonamides is 1. The average molecular weight is 281 g/mol. The highest BCUT2D eigenvalue weighted by molar-refractivity contribution is 7.90. The highest BCUT2D eigenvalue weighted by atomic mass is 32.2. The third kappa shape index (κ3) is 1.72. The molecule has 0 bridgehead atoms. The number of anilines is 1. The molecule has 4 rings (SSSR count). The molecule has 1 aromatic carbocycles. The van der Waals surface area contributed by atoms with Gasteiger partial charge in [-0.15, -0.1) is 0 Å². The molecule has 3 aliphatic rings. The van der Waals surface area contributed by atoms with Crippen LogP contribution in [0.5, 0.6) is 0 Å². The second-order valence-corrected chi connectivity index (χ2v) is 7.08. The fourth-order valence-corrected chi connectivity index (χ4v) is 3.72. The fraction of sp³-hybridized carbons (Fsp3) is 0.417. The Balaban J connectivity index is 1.71.